The minimum atomic E-state index is -0.694. The van der Waals surface area contributed by atoms with E-state index in [2.05, 4.69) is 62.5 Å². The Morgan fingerprint density at radius 2 is 1.12 bits per heavy atom. The van der Waals surface area contributed by atoms with Gasteiger partial charge in [-0.05, 0) is 80.5 Å². The van der Waals surface area contributed by atoms with Crippen LogP contribution in [0.15, 0.2) is 12.7 Å². The van der Waals surface area contributed by atoms with Crippen LogP contribution in [0.1, 0.15) is 107 Å². The Morgan fingerprint density at radius 1 is 0.680 bits per heavy atom. The monoisotopic (exact) mass is 710 g/mol. The number of hydrogen-bond donors (Lipinski definition) is 4. The van der Waals surface area contributed by atoms with Crippen molar-refractivity contribution in [3.8, 4) is 0 Å². The zero-order valence-corrected chi connectivity index (χ0v) is 31.7. The number of hydrogen-bond acceptors (Lipinski definition) is 10. The molecule has 0 aliphatic heterocycles. The fourth-order valence-electron chi connectivity index (χ4n) is 7.82. The lowest BCUT2D eigenvalue weighted by molar-refractivity contribution is -0.138. The van der Waals surface area contributed by atoms with E-state index in [1.165, 1.54) is 0 Å². The minimum absolute atomic E-state index is 0.0675. The Labute approximate surface area is 297 Å². The summed E-state index contributed by atoms with van der Waals surface area (Å²) in [6.07, 6.45) is 3.06. The van der Waals surface area contributed by atoms with Gasteiger partial charge >= 0.3 is 30.3 Å². The molecule has 50 heavy (non-hydrogen) atoms. The van der Waals surface area contributed by atoms with E-state index in [0.717, 1.165) is 38.2 Å². The fraction of sp³-hybridized carbons (Fsp3) is 0.806. The van der Waals surface area contributed by atoms with Gasteiger partial charge in [-0.1, -0.05) is 55.0 Å². The summed E-state index contributed by atoms with van der Waals surface area (Å²) in [7, 11) is 0. The second-order valence-corrected chi connectivity index (χ2v) is 16.5. The average Bonchev–Trinajstić information content (AvgIpc) is 2.98. The van der Waals surface area contributed by atoms with Crippen molar-refractivity contribution < 1.29 is 47.7 Å². The van der Waals surface area contributed by atoms with E-state index < -0.39 is 36.4 Å². The minimum Gasteiger partial charge on any atom is -0.459 e. The molecule has 0 aromatic heterocycles. The summed E-state index contributed by atoms with van der Waals surface area (Å²) in [4.78, 5) is 61.2. The Hall–Kier alpha value is -3.71. The Morgan fingerprint density at radius 3 is 1.58 bits per heavy atom. The molecule has 2 aliphatic rings. The predicted octanol–water partition coefficient (Wildman–Crippen LogP) is 5.98. The van der Waals surface area contributed by atoms with E-state index in [1.807, 2.05) is 20.8 Å². The topological polar surface area (TPSA) is 180 Å². The Kier molecular flexibility index (Phi) is 15.7. The van der Waals surface area contributed by atoms with E-state index in [1.54, 1.807) is 6.92 Å². The molecule has 4 amide bonds. The molecule has 14 nitrogen and oxygen atoms in total. The van der Waals surface area contributed by atoms with Gasteiger partial charge in [0.05, 0.1) is 0 Å². The standard InChI is InChI=1S/C36H62N4O10/c1-11-24(3)49-29(42)37-22-36(10)18-27(16-34(7,8)21-36)40-32(45)48-19-25(4)50-30(43)38-23-35(9)17-26(15-33(5,6)20-35)39-31(44)47-14-13-46-28(41)12-2/h12,24-27H,2,11,13-23H2,1,3-10H3,(H,37,42)(H,38,43)(H,39,44)(H,40,45). The summed E-state index contributed by atoms with van der Waals surface area (Å²) in [6, 6.07) is -0.350. The lowest BCUT2D eigenvalue weighted by atomic mass is 9.62. The fourth-order valence-corrected chi connectivity index (χ4v) is 7.82. The van der Waals surface area contributed by atoms with Gasteiger partial charge in [0.15, 0.2) is 0 Å². The zero-order chi connectivity index (χ0) is 37.8. The molecule has 0 aromatic carbocycles. The molecule has 2 rings (SSSR count). The predicted molar refractivity (Wildman–Crippen MR) is 187 cm³/mol. The number of carbonyl (C=O) groups excluding carboxylic acids is 5. The summed E-state index contributed by atoms with van der Waals surface area (Å²) in [5, 5.41) is 11.6. The van der Waals surface area contributed by atoms with Gasteiger partial charge in [-0.15, -0.1) is 0 Å². The zero-order valence-electron chi connectivity index (χ0n) is 31.7. The maximum atomic E-state index is 12.8. The first-order chi connectivity index (χ1) is 23.2. The highest BCUT2D eigenvalue weighted by molar-refractivity contribution is 5.81. The van der Waals surface area contributed by atoms with Gasteiger partial charge in [0.25, 0.3) is 0 Å². The second-order valence-electron chi connectivity index (χ2n) is 16.5. The Balaban J connectivity index is 1.79. The lowest BCUT2D eigenvalue weighted by Crippen LogP contribution is -2.51. The van der Waals surface area contributed by atoms with E-state index in [-0.39, 0.29) is 59.7 Å². The van der Waals surface area contributed by atoms with Gasteiger partial charge in [0.1, 0.15) is 32.0 Å². The molecule has 2 aliphatic carbocycles. The van der Waals surface area contributed by atoms with Crippen molar-refractivity contribution in [2.45, 2.75) is 132 Å². The molecule has 6 atom stereocenters. The van der Waals surface area contributed by atoms with Crippen LogP contribution in [-0.2, 0) is 28.5 Å². The molecule has 0 saturated heterocycles. The SMILES string of the molecule is C=CC(=O)OCCOC(=O)NC1CC(C)(C)CC(C)(CNC(=O)OC(C)COC(=O)NC2CC(C)(C)CC(C)(CNC(=O)OC(C)CC)C2)C1. The van der Waals surface area contributed by atoms with Crippen LogP contribution >= 0.6 is 0 Å². The maximum Gasteiger partial charge on any atom is 0.407 e. The summed E-state index contributed by atoms with van der Waals surface area (Å²) in [5.41, 5.74) is -0.792. The van der Waals surface area contributed by atoms with Crippen molar-refractivity contribution >= 4 is 30.3 Å². The number of ether oxygens (including phenoxy) is 5. The van der Waals surface area contributed by atoms with E-state index in [0.29, 0.717) is 25.9 Å². The van der Waals surface area contributed by atoms with Gasteiger partial charge in [0, 0.05) is 31.2 Å². The number of carbonyl (C=O) groups is 5. The number of amides is 4. The van der Waals surface area contributed by atoms with Gasteiger partial charge in [0.2, 0.25) is 0 Å². The number of nitrogens with one attached hydrogen (secondary N) is 4. The highest BCUT2D eigenvalue weighted by atomic mass is 16.6. The van der Waals surface area contributed by atoms with Crippen LogP contribution in [0.2, 0.25) is 0 Å². The number of esters is 1. The van der Waals surface area contributed by atoms with Crippen LogP contribution in [-0.4, -0.2) is 87.5 Å². The van der Waals surface area contributed by atoms with Crippen molar-refractivity contribution in [3.63, 3.8) is 0 Å². The molecular formula is C36H62N4O10. The molecule has 4 N–H and O–H groups in total. The Bertz CT molecular complexity index is 1190. The summed E-state index contributed by atoms with van der Waals surface area (Å²) >= 11 is 0. The summed E-state index contributed by atoms with van der Waals surface area (Å²) < 4.78 is 26.2. The summed E-state index contributed by atoms with van der Waals surface area (Å²) in [6.45, 7) is 21.9. The molecule has 6 unspecified atom stereocenters. The van der Waals surface area contributed by atoms with Crippen LogP contribution in [0, 0.1) is 21.7 Å². The van der Waals surface area contributed by atoms with Crippen molar-refractivity contribution in [2.24, 2.45) is 21.7 Å². The first-order valence-electron chi connectivity index (χ1n) is 17.7. The molecule has 14 heteroatoms. The van der Waals surface area contributed by atoms with Crippen LogP contribution < -0.4 is 21.3 Å². The van der Waals surface area contributed by atoms with Crippen molar-refractivity contribution in [1.29, 1.82) is 0 Å². The molecule has 0 spiro atoms. The third kappa shape index (κ3) is 15.9. The average molecular weight is 711 g/mol. The molecule has 0 heterocycles. The van der Waals surface area contributed by atoms with Crippen LogP contribution in [0.25, 0.3) is 0 Å². The van der Waals surface area contributed by atoms with E-state index in [9.17, 15) is 24.0 Å². The highest BCUT2D eigenvalue weighted by Gasteiger charge is 2.43. The van der Waals surface area contributed by atoms with Gasteiger partial charge in [-0.3, -0.25) is 0 Å². The second kappa shape index (κ2) is 18.5. The lowest BCUT2D eigenvalue weighted by Gasteiger charge is -2.46. The van der Waals surface area contributed by atoms with Crippen molar-refractivity contribution in [3.05, 3.63) is 12.7 Å². The molecule has 0 radical (unpaired) electrons. The van der Waals surface area contributed by atoms with Crippen LogP contribution in [0.5, 0.6) is 0 Å². The highest BCUT2D eigenvalue weighted by Crippen LogP contribution is 2.47. The van der Waals surface area contributed by atoms with Gasteiger partial charge in [-0.2, -0.15) is 0 Å². The first kappa shape index (κ1) is 42.5. The number of alkyl carbamates (subject to hydrolysis) is 4. The first-order valence-corrected chi connectivity index (χ1v) is 17.7. The van der Waals surface area contributed by atoms with E-state index in [4.69, 9.17) is 23.7 Å². The molecule has 0 bridgehead atoms. The summed E-state index contributed by atoms with van der Waals surface area (Å²) in [5.74, 6) is -0.590. The van der Waals surface area contributed by atoms with Crippen LogP contribution in [0.4, 0.5) is 19.2 Å². The van der Waals surface area contributed by atoms with E-state index >= 15 is 0 Å². The van der Waals surface area contributed by atoms with Crippen molar-refractivity contribution in [1.82, 2.24) is 21.3 Å². The molecule has 2 saturated carbocycles. The van der Waals surface area contributed by atoms with Crippen molar-refractivity contribution in [2.75, 3.05) is 32.9 Å². The van der Waals surface area contributed by atoms with Gasteiger partial charge in [-0.25, -0.2) is 24.0 Å². The molecular weight excluding hydrogens is 648 g/mol. The molecule has 0 aromatic rings. The molecule has 286 valence electrons. The molecule has 2 fully saturated rings. The third-order valence-corrected chi connectivity index (χ3v) is 9.22. The van der Waals surface area contributed by atoms with Gasteiger partial charge < -0.3 is 45.0 Å². The maximum absolute atomic E-state index is 12.8. The normalized spacial score (nSPS) is 26.5. The third-order valence-electron chi connectivity index (χ3n) is 9.22. The largest absolute Gasteiger partial charge is 0.459 e. The van der Waals surface area contributed by atoms with Crippen LogP contribution in [0.3, 0.4) is 0 Å². The number of rotatable bonds is 15. The smallest absolute Gasteiger partial charge is 0.407 e. The quantitative estimate of drug-likeness (QED) is 0.0684.